The van der Waals surface area contributed by atoms with Gasteiger partial charge >= 0.3 is 0 Å². The highest BCUT2D eigenvalue weighted by atomic mass is 35.5. The Kier molecular flexibility index (Phi) is 7.63. The summed E-state index contributed by atoms with van der Waals surface area (Å²) in [5.74, 6) is 0.853. The van der Waals surface area contributed by atoms with Crippen LogP contribution in [0.3, 0.4) is 0 Å². The molecule has 2 N–H and O–H groups in total. The first-order valence-electron chi connectivity index (χ1n) is 12.7. The van der Waals surface area contributed by atoms with Gasteiger partial charge in [0.15, 0.2) is 11.6 Å². The molecular formula is C28H28Cl2FN7O. The molecule has 11 heteroatoms. The summed E-state index contributed by atoms with van der Waals surface area (Å²) in [6, 6.07) is 9.20. The summed E-state index contributed by atoms with van der Waals surface area (Å²) in [4.78, 5) is 10.3. The van der Waals surface area contributed by atoms with E-state index < -0.39 is 11.9 Å². The molecule has 4 aromatic rings. The highest BCUT2D eigenvalue weighted by Gasteiger charge is 2.44. The fourth-order valence-corrected chi connectivity index (χ4v) is 5.52. The molecule has 0 amide bonds. The minimum absolute atomic E-state index is 0.266. The zero-order valence-corrected chi connectivity index (χ0v) is 23.3. The lowest BCUT2D eigenvalue weighted by molar-refractivity contribution is 0.227. The molecule has 1 atom stereocenters. The molecule has 0 saturated carbocycles. The molecule has 0 radical (unpaired) electrons. The first kappa shape index (κ1) is 27.1. The Balaban J connectivity index is 1.36. The molecule has 0 aliphatic carbocycles. The van der Waals surface area contributed by atoms with Crippen molar-refractivity contribution in [3.63, 3.8) is 0 Å². The average Bonchev–Trinajstić information content (AvgIpc) is 3.28. The Labute approximate surface area is 236 Å². The Morgan fingerprint density at radius 1 is 1.18 bits per heavy atom. The van der Waals surface area contributed by atoms with Crippen molar-refractivity contribution in [2.75, 3.05) is 24.5 Å². The molecule has 1 aliphatic rings. The molecule has 0 unspecified atom stereocenters. The Hall–Kier alpha value is -3.45. The van der Waals surface area contributed by atoms with Crippen LogP contribution in [0.4, 0.5) is 10.2 Å². The Morgan fingerprint density at radius 3 is 2.59 bits per heavy atom. The third-order valence-electron chi connectivity index (χ3n) is 6.83. The quantitative estimate of drug-likeness (QED) is 0.244. The van der Waals surface area contributed by atoms with Crippen LogP contribution in [-0.4, -0.2) is 45.3 Å². The largest absolute Gasteiger partial charge is 0.486 e. The number of anilines is 1. The summed E-state index contributed by atoms with van der Waals surface area (Å²) >= 11 is 12.6. The van der Waals surface area contributed by atoms with Crippen molar-refractivity contribution in [2.45, 2.75) is 38.8 Å². The third-order valence-corrected chi connectivity index (χ3v) is 7.43. The zero-order chi connectivity index (χ0) is 27.7. The molecule has 0 spiro atoms. The van der Waals surface area contributed by atoms with E-state index in [2.05, 4.69) is 45.4 Å². The van der Waals surface area contributed by atoms with E-state index in [0.717, 1.165) is 17.4 Å². The van der Waals surface area contributed by atoms with Gasteiger partial charge in [-0.1, -0.05) is 37.0 Å². The molecule has 39 heavy (non-hydrogen) atoms. The maximum atomic E-state index is 15.3. The van der Waals surface area contributed by atoms with Gasteiger partial charge in [0.1, 0.15) is 17.5 Å². The number of nitriles is 1. The molecule has 1 fully saturated rings. The molecule has 4 heterocycles. The molecule has 1 aliphatic heterocycles. The van der Waals surface area contributed by atoms with Crippen LogP contribution in [-0.2, 0) is 0 Å². The molecule has 3 aromatic heterocycles. The van der Waals surface area contributed by atoms with Crippen LogP contribution in [0.5, 0.6) is 5.75 Å². The number of benzene rings is 1. The predicted octanol–water partition coefficient (Wildman–Crippen LogP) is 6.32. The van der Waals surface area contributed by atoms with E-state index in [1.807, 2.05) is 30.0 Å². The number of nitrogens with zero attached hydrogens (tertiary/aromatic N) is 5. The number of H-pyrrole nitrogens is 1. The van der Waals surface area contributed by atoms with Crippen LogP contribution < -0.4 is 15.0 Å². The average molecular weight is 568 g/mol. The number of aromatic amines is 1. The summed E-state index contributed by atoms with van der Waals surface area (Å²) in [5.41, 5.74) is 2.17. The zero-order valence-electron chi connectivity index (χ0n) is 21.8. The number of fused-ring (bicyclic) bond motifs is 1. The smallest absolute Gasteiger partial charge is 0.166 e. The highest BCUT2D eigenvalue weighted by Crippen LogP contribution is 2.36. The van der Waals surface area contributed by atoms with Gasteiger partial charge in [-0.15, -0.1) is 0 Å². The number of ether oxygens (including phenoxy) is 1. The number of aromatic nitrogens is 4. The molecule has 202 valence electrons. The van der Waals surface area contributed by atoms with E-state index in [4.69, 9.17) is 27.9 Å². The van der Waals surface area contributed by atoms with E-state index in [0.29, 0.717) is 58.0 Å². The molecular weight excluding hydrogens is 540 g/mol. The van der Waals surface area contributed by atoms with Crippen molar-refractivity contribution in [1.29, 1.82) is 5.26 Å². The number of nitrogens with one attached hydrogen (secondary N) is 2. The lowest BCUT2D eigenvalue weighted by atomic mass is 9.86. The van der Waals surface area contributed by atoms with Crippen molar-refractivity contribution in [3.05, 3.63) is 64.3 Å². The first-order valence-corrected chi connectivity index (χ1v) is 13.4. The number of pyridine rings is 2. The van der Waals surface area contributed by atoms with Crippen LogP contribution in [0.2, 0.25) is 10.0 Å². The van der Waals surface area contributed by atoms with Crippen molar-refractivity contribution in [3.8, 4) is 23.1 Å². The Bertz CT molecular complexity index is 1520. The van der Waals surface area contributed by atoms with E-state index in [9.17, 15) is 5.26 Å². The van der Waals surface area contributed by atoms with Crippen LogP contribution in [0.15, 0.2) is 42.9 Å². The van der Waals surface area contributed by atoms with E-state index in [1.165, 1.54) is 18.5 Å². The standard InChI is InChI=1S/C28H28Cl2FN7O/c1-16(2)10-35-28(6-7-32)14-38(15-28)27-23(31)8-18(11-34-27)26-20-9-19(4-5-24(20)36-37-26)39-17(3)25-21(29)12-33-13-22(25)30/h4-5,8-9,11-13,16-17,35H,6,10,14-15H2,1-3H3,(H,36,37)/t17-/m1/s1. The second-order valence-electron chi connectivity index (χ2n) is 10.3. The predicted molar refractivity (Wildman–Crippen MR) is 151 cm³/mol. The highest BCUT2D eigenvalue weighted by molar-refractivity contribution is 6.35. The minimum atomic E-state index is -0.443. The van der Waals surface area contributed by atoms with Gasteiger partial charge in [0.05, 0.1) is 33.6 Å². The lowest BCUT2D eigenvalue weighted by Crippen LogP contribution is -2.70. The fourth-order valence-electron chi connectivity index (χ4n) is 4.84. The second kappa shape index (κ2) is 11.0. The SMILES string of the molecule is CC(C)CNC1(CC#N)CN(c2ncc(-c3n[nH]c4ccc(O[C@H](C)c5c(Cl)cncc5Cl)cc34)cc2F)C1. The third kappa shape index (κ3) is 5.50. The monoisotopic (exact) mass is 567 g/mol. The number of hydrogen-bond acceptors (Lipinski definition) is 7. The number of hydrogen-bond donors (Lipinski definition) is 2. The normalized spacial score (nSPS) is 15.3. The van der Waals surface area contributed by atoms with Gasteiger partial charge < -0.3 is 15.0 Å². The van der Waals surface area contributed by atoms with Gasteiger partial charge in [0, 0.05) is 48.2 Å². The summed E-state index contributed by atoms with van der Waals surface area (Å²) in [5, 5.41) is 21.8. The molecule has 5 rings (SSSR count). The van der Waals surface area contributed by atoms with Gasteiger partial charge in [-0.2, -0.15) is 10.4 Å². The van der Waals surface area contributed by atoms with Crippen LogP contribution in [0.1, 0.15) is 38.9 Å². The molecule has 1 saturated heterocycles. The molecule has 1 aromatic carbocycles. The van der Waals surface area contributed by atoms with E-state index >= 15 is 4.39 Å². The maximum Gasteiger partial charge on any atom is 0.166 e. The number of rotatable bonds is 9. The van der Waals surface area contributed by atoms with Gasteiger partial charge in [-0.25, -0.2) is 9.37 Å². The van der Waals surface area contributed by atoms with Crippen LogP contribution in [0, 0.1) is 23.1 Å². The number of halogens is 3. The molecule has 0 bridgehead atoms. The van der Waals surface area contributed by atoms with Crippen molar-refractivity contribution in [2.24, 2.45) is 5.92 Å². The van der Waals surface area contributed by atoms with E-state index in [1.54, 1.807) is 6.20 Å². The summed E-state index contributed by atoms with van der Waals surface area (Å²) in [6.45, 7) is 7.92. The fraction of sp³-hybridized carbons (Fsp3) is 0.357. The van der Waals surface area contributed by atoms with Crippen molar-refractivity contribution < 1.29 is 9.13 Å². The second-order valence-corrected chi connectivity index (χ2v) is 11.1. The van der Waals surface area contributed by atoms with Crippen LogP contribution in [0.25, 0.3) is 22.2 Å². The van der Waals surface area contributed by atoms with Crippen molar-refractivity contribution in [1.82, 2.24) is 25.5 Å². The lowest BCUT2D eigenvalue weighted by Gasteiger charge is -2.50. The summed E-state index contributed by atoms with van der Waals surface area (Å²) < 4.78 is 21.4. The topological polar surface area (TPSA) is 103 Å². The first-order chi connectivity index (χ1) is 18.7. The minimum Gasteiger partial charge on any atom is -0.486 e. The summed E-state index contributed by atoms with van der Waals surface area (Å²) in [6.07, 6.45) is 4.59. The summed E-state index contributed by atoms with van der Waals surface area (Å²) in [7, 11) is 0. The molecule has 8 nitrogen and oxygen atoms in total. The van der Waals surface area contributed by atoms with Crippen LogP contribution >= 0.6 is 23.2 Å². The maximum absolute atomic E-state index is 15.3. The van der Waals surface area contributed by atoms with Gasteiger partial charge in [-0.05, 0) is 43.7 Å². The Morgan fingerprint density at radius 2 is 1.92 bits per heavy atom. The van der Waals surface area contributed by atoms with Gasteiger partial charge in [0.25, 0.3) is 0 Å². The van der Waals surface area contributed by atoms with E-state index in [-0.39, 0.29) is 11.4 Å². The van der Waals surface area contributed by atoms with Crippen molar-refractivity contribution >= 4 is 39.9 Å². The van der Waals surface area contributed by atoms with Gasteiger partial charge in [0.2, 0.25) is 0 Å². The van der Waals surface area contributed by atoms with Gasteiger partial charge in [-0.3, -0.25) is 10.1 Å².